The highest BCUT2D eigenvalue weighted by Crippen LogP contribution is 2.30. The third-order valence-electron chi connectivity index (χ3n) is 4.81. The van der Waals surface area contributed by atoms with E-state index in [1.807, 2.05) is 18.2 Å². The molecular weight excluding hydrogens is 366 g/mol. The van der Waals surface area contributed by atoms with Crippen molar-refractivity contribution in [3.63, 3.8) is 0 Å². The van der Waals surface area contributed by atoms with Gasteiger partial charge < -0.3 is 14.8 Å². The molecule has 142 valence electrons. The fraction of sp³-hybridized carbons (Fsp3) is 0.333. The number of carboxylic acids is 1. The third kappa shape index (κ3) is 5.23. The number of hydrogen-bond acceptors (Lipinski definition) is 3. The van der Waals surface area contributed by atoms with Crippen molar-refractivity contribution in [3.05, 3.63) is 52.9 Å². The summed E-state index contributed by atoms with van der Waals surface area (Å²) in [6.45, 7) is 0. The maximum absolute atomic E-state index is 12.1. The van der Waals surface area contributed by atoms with Gasteiger partial charge in [0.05, 0.1) is 5.02 Å². The van der Waals surface area contributed by atoms with Crippen LogP contribution < -0.4 is 5.32 Å². The van der Waals surface area contributed by atoms with Crippen LogP contribution in [0.3, 0.4) is 0 Å². The van der Waals surface area contributed by atoms with Gasteiger partial charge in [-0.1, -0.05) is 49.4 Å². The molecule has 2 aromatic rings. The minimum absolute atomic E-state index is 0.202. The van der Waals surface area contributed by atoms with Gasteiger partial charge in [0.1, 0.15) is 17.2 Å². The Kier molecular flexibility index (Phi) is 6.35. The molecule has 0 saturated heterocycles. The van der Waals surface area contributed by atoms with Gasteiger partial charge in [-0.3, -0.25) is 4.79 Å². The molecule has 1 heterocycles. The average molecular weight is 388 g/mol. The van der Waals surface area contributed by atoms with Gasteiger partial charge >= 0.3 is 5.97 Å². The van der Waals surface area contributed by atoms with E-state index >= 15 is 0 Å². The maximum atomic E-state index is 12.1. The number of carbonyl (C=O) groups is 2. The van der Waals surface area contributed by atoms with Crippen molar-refractivity contribution in [2.75, 3.05) is 0 Å². The summed E-state index contributed by atoms with van der Waals surface area (Å²) < 4.78 is 5.68. The van der Waals surface area contributed by atoms with Gasteiger partial charge in [-0.15, -0.1) is 0 Å². The standard InChI is InChI=1S/C21H22ClNO4/c22-17-8-4-3-7-16(17)19-11-10-15(27-19)13-18(21(25)26)23-20(24)12-9-14-5-1-2-6-14/h3-4,7-8,10-11,13-14H,1-2,5-6,9,12H2,(H,23,24)(H,25,26)/b18-13+. The summed E-state index contributed by atoms with van der Waals surface area (Å²) in [6.07, 6.45) is 7.21. The molecule has 0 bridgehead atoms. The number of benzene rings is 1. The van der Waals surface area contributed by atoms with E-state index in [0.29, 0.717) is 28.9 Å². The summed E-state index contributed by atoms with van der Waals surface area (Å²) in [6, 6.07) is 10.6. The van der Waals surface area contributed by atoms with Crippen LogP contribution in [0, 0.1) is 5.92 Å². The Labute approximate surface area is 163 Å². The van der Waals surface area contributed by atoms with Crippen molar-refractivity contribution in [3.8, 4) is 11.3 Å². The average Bonchev–Trinajstić information content (AvgIpc) is 3.31. The number of hydrogen-bond donors (Lipinski definition) is 2. The highest BCUT2D eigenvalue weighted by Gasteiger charge is 2.18. The molecule has 1 amide bonds. The Morgan fingerprint density at radius 3 is 2.63 bits per heavy atom. The molecule has 1 aliphatic rings. The predicted molar refractivity (Wildman–Crippen MR) is 104 cm³/mol. The number of aliphatic carboxylic acids is 1. The fourth-order valence-corrected chi connectivity index (χ4v) is 3.61. The summed E-state index contributed by atoms with van der Waals surface area (Å²) in [7, 11) is 0. The number of rotatable bonds is 7. The molecule has 1 saturated carbocycles. The van der Waals surface area contributed by atoms with Crippen molar-refractivity contribution in [2.24, 2.45) is 5.92 Å². The molecule has 1 aliphatic carbocycles. The van der Waals surface area contributed by atoms with Gasteiger partial charge in [0.2, 0.25) is 5.91 Å². The zero-order valence-electron chi connectivity index (χ0n) is 14.9. The van der Waals surface area contributed by atoms with E-state index in [1.54, 1.807) is 18.2 Å². The van der Waals surface area contributed by atoms with Gasteiger partial charge in [0.25, 0.3) is 0 Å². The summed E-state index contributed by atoms with van der Waals surface area (Å²) in [5.41, 5.74) is 0.516. The van der Waals surface area contributed by atoms with Crippen molar-refractivity contribution in [2.45, 2.75) is 38.5 Å². The van der Waals surface area contributed by atoms with Gasteiger partial charge in [-0.05, 0) is 36.6 Å². The van der Waals surface area contributed by atoms with Crippen LogP contribution in [0.5, 0.6) is 0 Å². The molecule has 2 N–H and O–H groups in total. The normalized spacial score (nSPS) is 15.1. The van der Waals surface area contributed by atoms with Gasteiger partial charge in [-0.2, -0.15) is 0 Å². The van der Waals surface area contributed by atoms with E-state index in [2.05, 4.69) is 5.32 Å². The Balaban J connectivity index is 1.67. The van der Waals surface area contributed by atoms with Gasteiger partial charge in [0.15, 0.2) is 0 Å². The first-order valence-corrected chi connectivity index (χ1v) is 9.50. The van der Waals surface area contributed by atoms with Crippen molar-refractivity contribution in [1.82, 2.24) is 5.32 Å². The van der Waals surface area contributed by atoms with Crippen LogP contribution in [0.15, 0.2) is 46.5 Å². The monoisotopic (exact) mass is 387 g/mol. The quantitative estimate of drug-likeness (QED) is 0.647. The lowest BCUT2D eigenvalue weighted by atomic mass is 10.0. The second-order valence-electron chi connectivity index (χ2n) is 6.78. The second kappa shape index (κ2) is 8.91. The molecule has 0 aliphatic heterocycles. The van der Waals surface area contributed by atoms with E-state index < -0.39 is 5.97 Å². The Hall–Kier alpha value is -2.53. The number of nitrogens with one attached hydrogen (secondary N) is 1. The number of amides is 1. The molecule has 0 unspecified atom stereocenters. The lowest BCUT2D eigenvalue weighted by Crippen LogP contribution is -2.27. The lowest BCUT2D eigenvalue weighted by molar-refractivity contribution is -0.134. The topological polar surface area (TPSA) is 79.5 Å². The molecule has 1 fully saturated rings. The molecule has 3 rings (SSSR count). The Bertz CT molecular complexity index is 849. The van der Waals surface area contributed by atoms with E-state index in [0.717, 1.165) is 24.8 Å². The van der Waals surface area contributed by atoms with E-state index in [1.165, 1.54) is 18.9 Å². The summed E-state index contributed by atoms with van der Waals surface area (Å²) in [5, 5.41) is 12.4. The smallest absolute Gasteiger partial charge is 0.352 e. The highest BCUT2D eigenvalue weighted by atomic mass is 35.5. The van der Waals surface area contributed by atoms with Gasteiger partial charge in [-0.25, -0.2) is 4.79 Å². The molecular formula is C21H22ClNO4. The summed E-state index contributed by atoms with van der Waals surface area (Å²) >= 11 is 6.16. The molecule has 5 nitrogen and oxygen atoms in total. The van der Waals surface area contributed by atoms with E-state index in [9.17, 15) is 14.7 Å². The zero-order chi connectivity index (χ0) is 19.2. The van der Waals surface area contributed by atoms with Crippen LogP contribution in [0.1, 0.15) is 44.3 Å². The molecule has 1 aromatic carbocycles. The third-order valence-corrected chi connectivity index (χ3v) is 5.14. The van der Waals surface area contributed by atoms with Crippen LogP contribution in [0.2, 0.25) is 5.02 Å². The molecule has 0 radical (unpaired) electrons. The minimum Gasteiger partial charge on any atom is -0.477 e. The fourth-order valence-electron chi connectivity index (χ4n) is 3.38. The highest BCUT2D eigenvalue weighted by molar-refractivity contribution is 6.33. The summed E-state index contributed by atoms with van der Waals surface area (Å²) in [4.78, 5) is 23.6. The lowest BCUT2D eigenvalue weighted by Gasteiger charge is -2.09. The number of halogens is 1. The van der Waals surface area contributed by atoms with Crippen LogP contribution >= 0.6 is 11.6 Å². The molecule has 0 atom stereocenters. The maximum Gasteiger partial charge on any atom is 0.352 e. The summed E-state index contributed by atoms with van der Waals surface area (Å²) in [5.74, 6) is -0.0489. The first kappa shape index (κ1) is 19.2. The largest absolute Gasteiger partial charge is 0.477 e. The first-order chi connectivity index (χ1) is 13.0. The Morgan fingerprint density at radius 2 is 1.93 bits per heavy atom. The van der Waals surface area contributed by atoms with Crippen LogP contribution in [-0.2, 0) is 9.59 Å². The second-order valence-corrected chi connectivity index (χ2v) is 7.19. The molecule has 0 spiro atoms. The Morgan fingerprint density at radius 1 is 1.19 bits per heavy atom. The molecule has 6 heteroatoms. The molecule has 27 heavy (non-hydrogen) atoms. The number of carboxylic acid groups (broad SMARTS) is 1. The SMILES string of the molecule is O=C(CCC1CCCC1)N/C(=C/c1ccc(-c2ccccc2Cl)o1)C(=O)O. The van der Waals surface area contributed by atoms with Crippen molar-refractivity contribution < 1.29 is 19.1 Å². The van der Waals surface area contributed by atoms with Crippen LogP contribution in [0.25, 0.3) is 17.4 Å². The van der Waals surface area contributed by atoms with E-state index in [-0.39, 0.29) is 11.6 Å². The number of furan rings is 1. The zero-order valence-corrected chi connectivity index (χ0v) is 15.7. The van der Waals surface area contributed by atoms with Crippen molar-refractivity contribution in [1.29, 1.82) is 0 Å². The van der Waals surface area contributed by atoms with E-state index in [4.69, 9.17) is 16.0 Å². The minimum atomic E-state index is -1.21. The van der Waals surface area contributed by atoms with Gasteiger partial charge in [0, 0.05) is 18.1 Å². The first-order valence-electron chi connectivity index (χ1n) is 9.12. The molecule has 1 aromatic heterocycles. The predicted octanol–water partition coefficient (Wildman–Crippen LogP) is 5.11. The van der Waals surface area contributed by atoms with Crippen LogP contribution in [-0.4, -0.2) is 17.0 Å². The van der Waals surface area contributed by atoms with Crippen molar-refractivity contribution >= 4 is 29.6 Å². The van der Waals surface area contributed by atoms with Crippen LogP contribution in [0.4, 0.5) is 0 Å². The number of carbonyl (C=O) groups excluding carboxylic acids is 1.